The van der Waals surface area contributed by atoms with E-state index in [9.17, 15) is 18.0 Å². The summed E-state index contributed by atoms with van der Waals surface area (Å²) in [6, 6.07) is 19.0. The number of fused-ring (bicyclic) bond motifs is 1. The Bertz CT molecular complexity index is 2160. The molecule has 1 saturated heterocycles. The van der Waals surface area contributed by atoms with Gasteiger partial charge in [-0.05, 0) is 72.7 Å². The number of benzene rings is 3. The first-order valence-corrected chi connectivity index (χ1v) is 26.9. The Kier molecular flexibility index (Phi) is 21.0. The Balaban J connectivity index is 1.51. The molecule has 2 atom stereocenters. The summed E-state index contributed by atoms with van der Waals surface area (Å²) in [4.78, 5) is 52.8. The summed E-state index contributed by atoms with van der Waals surface area (Å²) in [5.41, 5.74) is 2.07. The molecule has 0 aliphatic carbocycles. The fourth-order valence-corrected chi connectivity index (χ4v) is 10.9. The number of hydrogen-bond donors (Lipinski definition) is 1. The minimum absolute atomic E-state index is 0.0151. The van der Waals surface area contributed by atoms with E-state index >= 15 is 4.79 Å². The van der Waals surface area contributed by atoms with Crippen LogP contribution in [0.25, 0.3) is 0 Å². The van der Waals surface area contributed by atoms with Crippen LogP contribution in [0.2, 0.25) is 0 Å². The van der Waals surface area contributed by atoms with E-state index in [2.05, 4.69) is 46.0 Å². The van der Waals surface area contributed by atoms with Gasteiger partial charge in [-0.2, -0.15) is 0 Å². The van der Waals surface area contributed by atoms with Crippen LogP contribution in [0.4, 0.5) is 16.2 Å². The lowest BCUT2D eigenvalue weighted by Gasteiger charge is -2.36. The van der Waals surface area contributed by atoms with Crippen molar-refractivity contribution in [3.8, 4) is 0 Å². The van der Waals surface area contributed by atoms with E-state index in [1.165, 1.54) is 62.3 Å². The number of nitrogens with one attached hydrogen (secondary N) is 1. The van der Waals surface area contributed by atoms with Crippen LogP contribution in [0.3, 0.4) is 0 Å². The molecular weight excluding hydrogens is 871 g/mol. The molecule has 2 unspecified atom stereocenters. The van der Waals surface area contributed by atoms with Crippen molar-refractivity contribution >= 4 is 56.8 Å². The van der Waals surface area contributed by atoms with Crippen LogP contribution in [-0.4, -0.2) is 90.6 Å². The highest BCUT2D eigenvalue weighted by atomic mass is 32.2. The number of anilines is 1. The van der Waals surface area contributed by atoms with Gasteiger partial charge in [0.1, 0.15) is 4.90 Å². The van der Waals surface area contributed by atoms with Crippen LogP contribution < -0.4 is 5.32 Å². The number of carbonyl (C=O) groups excluding carboxylic acids is 3. The second-order valence-corrected chi connectivity index (χ2v) is 21.3. The topological polar surface area (TPSA) is 138 Å². The molecule has 0 radical (unpaired) electrons. The normalized spacial score (nSPS) is 16.4. The monoisotopic (exact) mass is 946 g/mol. The Morgan fingerprint density at radius 2 is 1.41 bits per heavy atom. The van der Waals surface area contributed by atoms with E-state index in [1.54, 1.807) is 36.9 Å². The average molecular weight is 946 g/mol. The number of amidine groups is 1. The van der Waals surface area contributed by atoms with Crippen LogP contribution in [0, 0.1) is 0 Å². The fraction of sp³-hybridized carbons (Fsp3) is 0.577. The third-order valence-corrected chi connectivity index (χ3v) is 15.0. The molecule has 2 aliphatic rings. The molecule has 1 N–H and O–H groups in total. The number of aliphatic imine (C=N–C) groups is 1. The third-order valence-electron chi connectivity index (χ3n) is 12.0. The highest BCUT2D eigenvalue weighted by molar-refractivity contribution is 7.99. The Labute approximate surface area is 399 Å². The van der Waals surface area contributed by atoms with Crippen molar-refractivity contribution < 1.29 is 32.3 Å². The molecule has 12 nitrogen and oxygen atoms in total. The molecule has 66 heavy (non-hydrogen) atoms. The van der Waals surface area contributed by atoms with Crippen LogP contribution in [0.15, 0.2) is 87.6 Å². The van der Waals surface area contributed by atoms with Crippen molar-refractivity contribution in [1.82, 2.24) is 14.1 Å². The predicted molar refractivity (Wildman–Crippen MR) is 267 cm³/mol. The van der Waals surface area contributed by atoms with Crippen molar-refractivity contribution in [2.75, 3.05) is 37.4 Å². The molecule has 2 heterocycles. The summed E-state index contributed by atoms with van der Waals surface area (Å²) in [6.45, 7) is 13.2. The van der Waals surface area contributed by atoms with Gasteiger partial charge in [0.05, 0.1) is 17.9 Å². The lowest BCUT2D eigenvalue weighted by atomic mass is 9.87. The lowest BCUT2D eigenvalue weighted by molar-refractivity contribution is -0.144. The molecule has 0 bridgehead atoms. The summed E-state index contributed by atoms with van der Waals surface area (Å²) in [7, 11) is -4.33. The number of hydrogen-bond acceptors (Lipinski definition) is 9. The zero-order valence-electron chi connectivity index (χ0n) is 40.4. The van der Waals surface area contributed by atoms with Crippen LogP contribution >= 0.6 is 11.8 Å². The molecule has 0 spiro atoms. The number of rotatable bonds is 29. The van der Waals surface area contributed by atoms with Crippen LogP contribution in [-0.2, 0) is 41.0 Å². The van der Waals surface area contributed by atoms with Gasteiger partial charge in [-0.15, -0.1) is 11.8 Å². The molecule has 4 amide bonds. The van der Waals surface area contributed by atoms with Crippen LogP contribution in [0.1, 0.15) is 149 Å². The zero-order valence-corrected chi connectivity index (χ0v) is 42.0. The molecule has 0 saturated carbocycles. The van der Waals surface area contributed by atoms with Crippen molar-refractivity contribution in [2.24, 2.45) is 4.99 Å². The van der Waals surface area contributed by atoms with E-state index in [0.29, 0.717) is 12.3 Å². The maximum Gasteiger partial charge on any atom is 0.330 e. The van der Waals surface area contributed by atoms with E-state index in [0.717, 1.165) is 69.5 Å². The number of sulfonamides is 1. The fourth-order valence-electron chi connectivity index (χ4n) is 8.28. The Morgan fingerprint density at radius 3 is 2.08 bits per heavy atom. The highest BCUT2D eigenvalue weighted by Crippen LogP contribution is 2.37. The number of nitrogens with zero attached hydrogens (tertiary/aromatic N) is 4. The number of imide groups is 1. The second kappa shape index (κ2) is 26.3. The minimum Gasteiger partial charge on any atom is -0.381 e. The molecule has 2 aliphatic heterocycles. The molecule has 14 heteroatoms. The van der Waals surface area contributed by atoms with E-state index in [-0.39, 0.29) is 54.6 Å². The lowest BCUT2D eigenvalue weighted by Crippen LogP contribution is -2.59. The van der Waals surface area contributed by atoms with Crippen molar-refractivity contribution in [1.29, 1.82) is 0 Å². The Morgan fingerprint density at radius 1 is 0.788 bits per heavy atom. The molecule has 5 rings (SSSR count). The highest BCUT2D eigenvalue weighted by Gasteiger charge is 2.54. The molecule has 3 aromatic carbocycles. The molecule has 1 fully saturated rings. The number of urea groups is 1. The van der Waals surface area contributed by atoms with E-state index in [4.69, 9.17) is 14.5 Å². The van der Waals surface area contributed by atoms with Crippen molar-refractivity contribution in [3.05, 3.63) is 83.9 Å². The van der Waals surface area contributed by atoms with E-state index < -0.39 is 40.1 Å². The first-order chi connectivity index (χ1) is 31.8. The SMILES string of the molecule is CCCCCCCCCCCCSc1ccc(C(C)(C)C)cc1NC(=O)C(C1=Nc2ccccc2S(=O)(=O)N1CCCOCCCCCC)N1C(=O)C(OCC)N(Cc2ccccc2)C1=O. The van der Waals surface area contributed by atoms with Gasteiger partial charge >= 0.3 is 6.03 Å². The van der Waals surface area contributed by atoms with Gasteiger partial charge in [0.2, 0.25) is 6.23 Å². The number of para-hydroxylation sites is 1. The first kappa shape index (κ1) is 52.7. The minimum atomic E-state index is -4.33. The molecule has 3 aromatic rings. The second-order valence-electron chi connectivity index (χ2n) is 18.3. The summed E-state index contributed by atoms with van der Waals surface area (Å²) in [5.74, 6) is -0.974. The molecule has 362 valence electrons. The average Bonchev–Trinajstić information content (AvgIpc) is 3.51. The van der Waals surface area contributed by atoms with Crippen molar-refractivity contribution in [2.45, 2.75) is 172 Å². The molecular formula is C52H75N5O7S2. The quantitative estimate of drug-likeness (QED) is 0.0412. The van der Waals surface area contributed by atoms with Gasteiger partial charge in [0.15, 0.2) is 11.9 Å². The summed E-state index contributed by atoms with van der Waals surface area (Å²) in [5, 5.41) is 3.12. The molecule has 0 aromatic heterocycles. The number of carbonyl (C=O) groups is 3. The van der Waals surface area contributed by atoms with Crippen LogP contribution in [0.5, 0.6) is 0 Å². The summed E-state index contributed by atoms with van der Waals surface area (Å²) in [6.07, 6.45) is 15.4. The number of unbranched alkanes of at least 4 members (excludes halogenated alkanes) is 12. The van der Waals surface area contributed by atoms with Gasteiger partial charge in [-0.3, -0.25) is 18.8 Å². The largest absolute Gasteiger partial charge is 0.381 e. The maximum atomic E-state index is 15.4. The standard InChI is InChI=1S/C52H75N5O7S2/c1-7-10-12-14-15-16-17-18-19-26-37-65-44-33-32-41(52(4,5)6)38-43(44)54-48(58)46(57-49(59)50(64-9-3)55(51(57)60)39-40-28-21-20-22-29-40)47-53-42-30-23-24-31-45(42)66(61,62)56(47)34-27-36-63-35-25-13-11-8-2/h20-24,28-33,38,46,50H,7-19,25-27,34-37,39H2,1-6H3,(H,54,58). The van der Waals surface area contributed by atoms with Gasteiger partial charge in [-0.1, -0.05) is 160 Å². The maximum absolute atomic E-state index is 15.4. The van der Waals surface area contributed by atoms with Crippen molar-refractivity contribution in [3.63, 3.8) is 0 Å². The van der Waals surface area contributed by atoms with E-state index in [1.807, 2.05) is 42.5 Å². The number of thioether (sulfide) groups is 1. The van der Waals surface area contributed by atoms with Gasteiger partial charge in [0.25, 0.3) is 21.8 Å². The predicted octanol–water partition coefficient (Wildman–Crippen LogP) is 11.9. The zero-order chi connectivity index (χ0) is 47.5. The summed E-state index contributed by atoms with van der Waals surface area (Å²) < 4.78 is 42.4. The smallest absolute Gasteiger partial charge is 0.330 e. The summed E-state index contributed by atoms with van der Waals surface area (Å²) >= 11 is 1.65. The first-order valence-electron chi connectivity index (χ1n) is 24.5. The number of amides is 4. The van der Waals surface area contributed by atoms with Gasteiger partial charge in [0, 0.05) is 31.3 Å². The Hall–Kier alpha value is -4.24. The van der Waals surface area contributed by atoms with Gasteiger partial charge in [-0.25, -0.2) is 23.1 Å². The number of ether oxygens (including phenoxy) is 2. The third kappa shape index (κ3) is 14.4. The van der Waals surface area contributed by atoms with Gasteiger partial charge < -0.3 is 14.8 Å².